The lowest BCUT2D eigenvalue weighted by Crippen LogP contribution is -2.00. The molecule has 0 radical (unpaired) electrons. The molecule has 27 heavy (non-hydrogen) atoms. The van der Waals surface area contributed by atoms with Gasteiger partial charge in [0.1, 0.15) is 11.5 Å². The summed E-state index contributed by atoms with van der Waals surface area (Å²) in [6, 6.07) is 14.8. The minimum absolute atomic E-state index is 0.0131. The van der Waals surface area contributed by atoms with Crippen LogP contribution in [-0.2, 0) is 0 Å². The molecule has 3 rings (SSSR count). The van der Waals surface area contributed by atoms with Crippen LogP contribution in [-0.4, -0.2) is 15.6 Å². The summed E-state index contributed by atoms with van der Waals surface area (Å²) in [5, 5.41) is 21.7. The van der Waals surface area contributed by atoms with E-state index in [1.54, 1.807) is 30.3 Å². The average molecular weight is 364 g/mol. The van der Waals surface area contributed by atoms with Gasteiger partial charge in [0, 0.05) is 23.8 Å². The van der Waals surface area contributed by atoms with Gasteiger partial charge in [0.05, 0.1) is 15.4 Å². The Kier molecular flexibility index (Phi) is 4.89. The van der Waals surface area contributed by atoms with Gasteiger partial charge in [0.2, 0.25) is 0 Å². The molecule has 134 valence electrons. The molecule has 0 saturated carbocycles. The molecular weight excluding hydrogens is 352 g/mol. The lowest BCUT2D eigenvalue weighted by molar-refractivity contribution is -0.385. The van der Waals surface area contributed by atoms with Crippen molar-refractivity contribution in [1.82, 2.24) is 0 Å². The number of hydrogen-bond acceptors (Lipinski definition) is 6. The number of carbonyl (C=O) groups excluding carboxylic acids is 1. The second-order valence-electron chi connectivity index (χ2n) is 5.48. The summed E-state index contributed by atoms with van der Waals surface area (Å²) >= 11 is 0. The first-order valence-electron chi connectivity index (χ1n) is 7.76. The van der Waals surface area contributed by atoms with Gasteiger partial charge in [-0.1, -0.05) is 12.1 Å². The van der Waals surface area contributed by atoms with Crippen molar-refractivity contribution in [3.05, 3.63) is 98.3 Å². The molecule has 8 heteroatoms. The maximum Gasteiger partial charge on any atom is 0.280 e. The van der Waals surface area contributed by atoms with Gasteiger partial charge in [0.25, 0.3) is 11.4 Å². The third kappa shape index (κ3) is 3.96. The molecule has 0 amide bonds. The highest BCUT2D eigenvalue weighted by Crippen LogP contribution is 2.25. The van der Waals surface area contributed by atoms with Gasteiger partial charge in [0.15, 0.2) is 5.78 Å². The van der Waals surface area contributed by atoms with Gasteiger partial charge in [-0.15, -0.1) is 0 Å². The topological polar surface area (TPSA) is 116 Å². The van der Waals surface area contributed by atoms with Gasteiger partial charge in [-0.2, -0.15) is 0 Å². The van der Waals surface area contributed by atoms with E-state index in [2.05, 4.69) is 0 Å². The molecule has 0 aliphatic rings. The van der Waals surface area contributed by atoms with Crippen LogP contribution in [0.15, 0.2) is 71.2 Å². The molecule has 1 aromatic heterocycles. The Morgan fingerprint density at radius 2 is 1.59 bits per heavy atom. The number of furan rings is 1. The van der Waals surface area contributed by atoms with Crippen LogP contribution in [0.5, 0.6) is 0 Å². The highest BCUT2D eigenvalue weighted by Gasteiger charge is 2.17. The third-order valence-corrected chi connectivity index (χ3v) is 3.75. The molecule has 3 aromatic rings. The average Bonchev–Trinajstić information content (AvgIpc) is 3.15. The largest absolute Gasteiger partial charge is 0.457 e. The number of nitrogens with zero attached hydrogens (tertiary/aromatic N) is 2. The Bertz CT molecular complexity index is 1050. The summed E-state index contributed by atoms with van der Waals surface area (Å²) in [6.45, 7) is 0. The van der Waals surface area contributed by atoms with Crippen molar-refractivity contribution >= 4 is 23.2 Å². The number of nitro benzene ring substituents is 2. The first-order chi connectivity index (χ1) is 13.0. The Morgan fingerprint density at radius 3 is 2.26 bits per heavy atom. The highest BCUT2D eigenvalue weighted by molar-refractivity contribution is 6.09. The van der Waals surface area contributed by atoms with Crippen LogP contribution in [0.1, 0.15) is 16.1 Å². The molecule has 0 unspecified atom stereocenters. The van der Waals surface area contributed by atoms with Crippen molar-refractivity contribution in [1.29, 1.82) is 0 Å². The summed E-state index contributed by atoms with van der Waals surface area (Å²) in [7, 11) is 0. The first-order valence-corrected chi connectivity index (χ1v) is 7.76. The lowest BCUT2D eigenvalue weighted by Gasteiger charge is -1.98. The highest BCUT2D eigenvalue weighted by atomic mass is 16.6. The molecule has 0 fully saturated rings. The zero-order valence-electron chi connectivity index (χ0n) is 13.8. The molecular formula is C19H12N2O6. The Balaban J connectivity index is 1.78. The van der Waals surface area contributed by atoms with Crippen molar-refractivity contribution in [2.75, 3.05) is 0 Å². The summed E-state index contributed by atoms with van der Waals surface area (Å²) in [4.78, 5) is 32.8. The molecule has 0 saturated heterocycles. The zero-order valence-corrected chi connectivity index (χ0v) is 13.8. The minimum atomic E-state index is -0.610. The normalized spacial score (nSPS) is 10.8. The maximum atomic E-state index is 12.2. The van der Waals surface area contributed by atoms with E-state index in [4.69, 9.17) is 4.42 Å². The Hall–Kier alpha value is -4.07. The number of carbonyl (C=O) groups is 1. The summed E-state index contributed by atoms with van der Waals surface area (Å²) < 4.78 is 5.59. The SMILES string of the molecule is O=C(/C=C/c1ccc(-c2ccc([N+](=O)[O-])cc2)o1)c1ccccc1[N+](=O)[O-]. The fraction of sp³-hybridized carbons (Fsp3) is 0. The fourth-order valence-corrected chi connectivity index (χ4v) is 2.43. The number of allylic oxidation sites excluding steroid dienone is 1. The van der Waals surface area contributed by atoms with Gasteiger partial charge < -0.3 is 4.42 Å². The first kappa shape index (κ1) is 17.7. The molecule has 0 atom stereocenters. The van der Waals surface area contributed by atoms with Crippen molar-refractivity contribution in [3.63, 3.8) is 0 Å². The monoisotopic (exact) mass is 364 g/mol. The quantitative estimate of drug-likeness (QED) is 0.272. The number of nitro groups is 2. The van der Waals surface area contributed by atoms with E-state index in [-0.39, 0.29) is 16.9 Å². The smallest absolute Gasteiger partial charge is 0.280 e. The predicted octanol–water partition coefficient (Wildman–Crippen LogP) is 4.66. The molecule has 0 bridgehead atoms. The number of benzene rings is 2. The number of hydrogen-bond donors (Lipinski definition) is 0. The van der Waals surface area contributed by atoms with E-state index in [0.29, 0.717) is 17.1 Å². The van der Waals surface area contributed by atoms with Crippen LogP contribution in [0.2, 0.25) is 0 Å². The summed E-state index contributed by atoms with van der Waals surface area (Å²) in [6.07, 6.45) is 2.61. The second kappa shape index (κ2) is 7.44. The summed E-state index contributed by atoms with van der Waals surface area (Å²) in [5.74, 6) is 0.327. The molecule has 8 nitrogen and oxygen atoms in total. The molecule has 0 aliphatic carbocycles. The van der Waals surface area contributed by atoms with E-state index in [9.17, 15) is 25.0 Å². The lowest BCUT2D eigenvalue weighted by atomic mass is 10.1. The maximum absolute atomic E-state index is 12.2. The van der Waals surface area contributed by atoms with Crippen molar-refractivity contribution < 1.29 is 19.1 Å². The Labute approximate surface area is 152 Å². The van der Waals surface area contributed by atoms with Gasteiger partial charge in [-0.25, -0.2) is 0 Å². The zero-order chi connectivity index (χ0) is 19.4. The van der Waals surface area contributed by atoms with E-state index in [1.165, 1.54) is 42.5 Å². The number of rotatable bonds is 6. The van der Waals surface area contributed by atoms with Gasteiger partial charge in [-0.05, 0) is 42.5 Å². The molecule has 0 spiro atoms. The van der Waals surface area contributed by atoms with E-state index in [1.807, 2.05) is 0 Å². The summed E-state index contributed by atoms with van der Waals surface area (Å²) in [5.41, 5.74) is 0.338. The minimum Gasteiger partial charge on any atom is -0.457 e. The molecule has 0 aliphatic heterocycles. The van der Waals surface area contributed by atoms with Gasteiger partial charge >= 0.3 is 0 Å². The Morgan fingerprint density at radius 1 is 0.889 bits per heavy atom. The van der Waals surface area contributed by atoms with Crippen LogP contribution >= 0.6 is 0 Å². The molecule has 0 N–H and O–H groups in total. The number of ketones is 1. The van der Waals surface area contributed by atoms with Crippen molar-refractivity contribution in [2.24, 2.45) is 0 Å². The van der Waals surface area contributed by atoms with E-state index >= 15 is 0 Å². The van der Waals surface area contributed by atoms with E-state index in [0.717, 1.165) is 0 Å². The van der Waals surface area contributed by atoms with Crippen molar-refractivity contribution in [2.45, 2.75) is 0 Å². The fourth-order valence-electron chi connectivity index (χ4n) is 2.43. The van der Waals surface area contributed by atoms with Crippen LogP contribution in [0, 0.1) is 20.2 Å². The van der Waals surface area contributed by atoms with E-state index < -0.39 is 15.6 Å². The van der Waals surface area contributed by atoms with Crippen LogP contribution in [0.4, 0.5) is 11.4 Å². The molecule has 1 heterocycles. The van der Waals surface area contributed by atoms with Crippen molar-refractivity contribution in [3.8, 4) is 11.3 Å². The second-order valence-corrected chi connectivity index (χ2v) is 5.48. The predicted molar refractivity (Wildman–Crippen MR) is 97.3 cm³/mol. The van der Waals surface area contributed by atoms with Crippen LogP contribution < -0.4 is 0 Å². The molecule has 2 aromatic carbocycles. The number of non-ortho nitro benzene ring substituents is 1. The van der Waals surface area contributed by atoms with Crippen LogP contribution in [0.25, 0.3) is 17.4 Å². The third-order valence-electron chi connectivity index (χ3n) is 3.75. The number of para-hydroxylation sites is 1. The standard InChI is InChI=1S/C19H12N2O6/c22-18(16-3-1-2-4-17(16)21(25)26)11-9-15-10-12-19(27-15)13-5-7-14(8-6-13)20(23)24/h1-12H/b11-9+. The van der Waals surface area contributed by atoms with Crippen LogP contribution in [0.3, 0.4) is 0 Å². The van der Waals surface area contributed by atoms with Gasteiger partial charge in [-0.3, -0.25) is 25.0 Å².